The van der Waals surface area contributed by atoms with E-state index in [1.807, 2.05) is 0 Å². The van der Waals surface area contributed by atoms with Crippen molar-refractivity contribution in [1.29, 1.82) is 0 Å². The number of nitro groups is 3. The van der Waals surface area contributed by atoms with E-state index in [0.717, 1.165) is 0 Å². The van der Waals surface area contributed by atoms with Crippen LogP contribution >= 0.6 is 0 Å². The summed E-state index contributed by atoms with van der Waals surface area (Å²) in [5.74, 6) is 0. The fourth-order valence-corrected chi connectivity index (χ4v) is 0.551. The van der Waals surface area contributed by atoms with Gasteiger partial charge in [-0.2, -0.15) is 0 Å². The van der Waals surface area contributed by atoms with Crippen molar-refractivity contribution in [1.82, 2.24) is 0 Å². The first-order valence-electron chi connectivity index (χ1n) is 3.02. The molecule has 0 aliphatic heterocycles. The number of rotatable bonds is 5. The van der Waals surface area contributed by atoms with E-state index in [-0.39, 0.29) is 0 Å². The Morgan fingerprint density at radius 2 is 1.38 bits per heavy atom. The van der Waals surface area contributed by atoms with Gasteiger partial charge in [-0.15, -0.1) is 0 Å². The van der Waals surface area contributed by atoms with E-state index in [1.54, 1.807) is 0 Å². The Morgan fingerprint density at radius 1 is 1.00 bits per heavy atom. The fourth-order valence-electron chi connectivity index (χ4n) is 0.551. The van der Waals surface area contributed by atoms with Gasteiger partial charge in [-0.25, -0.2) is 0 Å². The molecule has 0 aromatic rings. The summed E-state index contributed by atoms with van der Waals surface area (Å²) in [6.45, 7) is 0. The molecule has 10 heteroatoms. The van der Waals surface area contributed by atoms with E-state index in [0.29, 0.717) is 0 Å². The van der Waals surface area contributed by atoms with Crippen molar-refractivity contribution < 1.29 is 14.8 Å². The van der Waals surface area contributed by atoms with Gasteiger partial charge in [-0.1, -0.05) is 0 Å². The molecule has 0 aromatic carbocycles. The van der Waals surface area contributed by atoms with E-state index in [9.17, 15) is 30.3 Å². The first-order valence-corrected chi connectivity index (χ1v) is 3.02. The third kappa shape index (κ3) is 3.37. The zero-order chi connectivity index (χ0) is 10.6. The van der Waals surface area contributed by atoms with Gasteiger partial charge in [0.25, 0.3) is 6.17 Å². The Labute approximate surface area is 70.8 Å². The second-order valence-corrected chi connectivity index (χ2v) is 2.14. The van der Waals surface area contributed by atoms with Crippen LogP contribution < -0.4 is 5.73 Å². The van der Waals surface area contributed by atoms with Crippen molar-refractivity contribution in [3.05, 3.63) is 30.3 Å². The van der Waals surface area contributed by atoms with E-state index in [2.05, 4.69) is 0 Å². The molecule has 0 fully saturated rings. The van der Waals surface area contributed by atoms with Crippen LogP contribution in [0.5, 0.6) is 0 Å². The van der Waals surface area contributed by atoms with Crippen molar-refractivity contribution in [2.24, 2.45) is 5.73 Å². The minimum absolute atomic E-state index is 0.924. The van der Waals surface area contributed by atoms with Gasteiger partial charge in [0.1, 0.15) is 0 Å². The largest absolute Gasteiger partial charge is 0.458 e. The topological polar surface area (TPSA) is 155 Å². The molecule has 0 saturated carbocycles. The SMILES string of the molecule is NC(CC([N+](=O)[O-])[N+](=O)[O-])[N+](=O)[O-]. The third-order valence-corrected chi connectivity index (χ3v) is 1.21. The highest BCUT2D eigenvalue weighted by molar-refractivity contribution is 4.49. The van der Waals surface area contributed by atoms with Crippen LogP contribution in [0.1, 0.15) is 6.42 Å². The van der Waals surface area contributed by atoms with E-state index >= 15 is 0 Å². The molecule has 0 spiro atoms. The summed E-state index contributed by atoms with van der Waals surface area (Å²) in [4.78, 5) is 26.4. The smallest absolute Gasteiger partial charge is 0.268 e. The average molecular weight is 194 g/mol. The second-order valence-electron chi connectivity index (χ2n) is 2.14. The second kappa shape index (κ2) is 4.25. The average Bonchev–Trinajstić information content (AvgIpc) is 1.97. The summed E-state index contributed by atoms with van der Waals surface area (Å²) >= 11 is 0. The quantitative estimate of drug-likeness (QED) is 0.327. The maximum atomic E-state index is 9.98. The van der Waals surface area contributed by atoms with E-state index < -0.39 is 33.5 Å². The predicted octanol–water partition coefficient (Wildman–Crippen LogP) is -1.18. The van der Waals surface area contributed by atoms with Crippen LogP contribution in [-0.4, -0.2) is 27.1 Å². The Morgan fingerprint density at radius 3 is 1.62 bits per heavy atom. The first-order chi connectivity index (χ1) is 5.86. The minimum atomic E-state index is -2.22. The van der Waals surface area contributed by atoms with Crippen molar-refractivity contribution in [2.45, 2.75) is 18.8 Å². The fraction of sp³-hybridized carbons (Fsp3) is 1.00. The normalized spacial score (nSPS) is 12.5. The molecule has 0 aromatic heterocycles. The molecule has 0 bridgehead atoms. The molecule has 0 aliphatic carbocycles. The molecule has 10 nitrogen and oxygen atoms in total. The summed E-state index contributed by atoms with van der Waals surface area (Å²) in [6, 6.07) is 0. The van der Waals surface area contributed by atoms with Crippen LogP contribution in [0.2, 0.25) is 0 Å². The van der Waals surface area contributed by atoms with Crippen LogP contribution in [-0.2, 0) is 0 Å². The zero-order valence-corrected chi connectivity index (χ0v) is 6.23. The van der Waals surface area contributed by atoms with Crippen molar-refractivity contribution in [2.75, 3.05) is 0 Å². The van der Waals surface area contributed by atoms with Crippen molar-refractivity contribution in [3.8, 4) is 0 Å². The molecule has 0 heterocycles. The molecular weight excluding hydrogens is 188 g/mol. The molecule has 2 N–H and O–H groups in total. The van der Waals surface area contributed by atoms with Gasteiger partial charge in [0.15, 0.2) is 6.42 Å². The van der Waals surface area contributed by atoms with Crippen LogP contribution in [0.15, 0.2) is 0 Å². The molecule has 0 saturated heterocycles. The maximum absolute atomic E-state index is 9.98. The molecular formula is C3H6N4O6. The lowest BCUT2D eigenvalue weighted by Crippen LogP contribution is -2.40. The van der Waals surface area contributed by atoms with Crippen molar-refractivity contribution >= 4 is 0 Å². The van der Waals surface area contributed by atoms with Crippen LogP contribution in [0.25, 0.3) is 0 Å². The summed E-state index contributed by atoms with van der Waals surface area (Å²) in [5, 5.41) is 29.9. The van der Waals surface area contributed by atoms with E-state index in [4.69, 9.17) is 5.73 Å². The highest BCUT2D eigenvalue weighted by atomic mass is 16.7. The van der Waals surface area contributed by atoms with Gasteiger partial charge in [-0.3, -0.25) is 36.1 Å². The molecule has 74 valence electrons. The molecule has 0 rings (SSSR count). The first kappa shape index (κ1) is 11.2. The molecule has 1 atom stereocenters. The Kier molecular flexibility index (Phi) is 3.65. The Balaban J connectivity index is 4.35. The summed E-state index contributed by atoms with van der Waals surface area (Å²) in [7, 11) is 0. The van der Waals surface area contributed by atoms with Crippen molar-refractivity contribution in [3.63, 3.8) is 0 Å². The predicted molar refractivity (Wildman–Crippen MR) is 37.4 cm³/mol. The van der Waals surface area contributed by atoms with Gasteiger partial charge in [0.05, 0.1) is 9.85 Å². The molecule has 0 aliphatic rings. The molecule has 13 heavy (non-hydrogen) atoms. The molecule has 1 unspecified atom stereocenters. The molecule has 0 amide bonds. The zero-order valence-electron chi connectivity index (χ0n) is 6.23. The number of nitrogens with two attached hydrogens (primary N) is 1. The summed E-state index contributed by atoms with van der Waals surface area (Å²) in [5.41, 5.74) is 4.78. The van der Waals surface area contributed by atoms with E-state index in [1.165, 1.54) is 0 Å². The standard InChI is InChI=1S/C3H6N4O6/c4-2(5(8)9)1-3(6(10)11)7(12)13/h2-3H,1,4H2. The van der Waals surface area contributed by atoms with Gasteiger partial charge < -0.3 is 0 Å². The number of hydrogen-bond donors (Lipinski definition) is 1. The maximum Gasteiger partial charge on any atom is 0.458 e. The number of hydrogen-bond acceptors (Lipinski definition) is 7. The monoisotopic (exact) mass is 194 g/mol. The van der Waals surface area contributed by atoms with Gasteiger partial charge >= 0.3 is 6.17 Å². The number of nitrogens with zero attached hydrogens (tertiary/aromatic N) is 3. The van der Waals surface area contributed by atoms with Gasteiger partial charge in [0, 0.05) is 4.92 Å². The lowest BCUT2D eigenvalue weighted by atomic mass is 10.3. The Bertz CT molecular complexity index is 226. The van der Waals surface area contributed by atoms with Crippen LogP contribution in [0, 0.1) is 30.3 Å². The lowest BCUT2D eigenvalue weighted by molar-refractivity contribution is -0.748. The minimum Gasteiger partial charge on any atom is -0.268 e. The van der Waals surface area contributed by atoms with Gasteiger partial charge in [0.2, 0.25) is 0 Å². The third-order valence-electron chi connectivity index (χ3n) is 1.21. The van der Waals surface area contributed by atoms with Gasteiger partial charge in [-0.05, 0) is 0 Å². The molecule has 0 radical (unpaired) electrons. The van der Waals surface area contributed by atoms with Crippen LogP contribution in [0.3, 0.4) is 0 Å². The highest BCUT2D eigenvalue weighted by Gasteiger charge is 2.38. The Hall–Kier alpha value is -1.84. The van der Waals surface area contributed by atoms with Crippen LogP contribution in [0.4, 0.5) is 0 Å². The lowest BCUT2D eigenvalue weighted by Gasteiger charge is -2.02. The summed E-state index contributed by atoms with van der Waals surface area (Å²) in [6.07, 6.45) is -4.94. The summed E-state index contributed by atoms with van der Waals surface area (Å²) < 4.78 is 0. The highest BCUT2D eigenvalue weighted by Crippen LogP contribution is 2.01.